The molecule has 1 saturated heterocycles. The topological polar surface area (TPSA) is 15.3 Å². The molecule has 0 saturated carbocycles. The fourth-order valence-corrected chi connectivity index (χ4v) is 1.46. The lowest BCUT2D eigenvalue weighted by Crippen LogP contribution is -2.50. The monoisotopic (exact) mass is 154 g/mol. The van der Waals surface area contributed by atoms with Crippen LogP contribution in [0, 0.1) is 0 Å². The Labute approximate surface area is 69.3 Å². The molecule has 1 aliphatic heterocycles. The van der Waals surface area contributed by atoms with Crippen LogP contribution in [0.1, 0.15) is 13.8 Å². The molecule has 1 atom stereocenters. The van der Waals surface area contributed by atoms with Gasteiger partial charge in [0.2, 0.25) is 0 Å². The molecule has 2 nitrogen and oxygen atoms in total. The van der Waals surface area contributed by atoms with Crippen LogP contribution < -0.4 is 5.32 Å². The van der Waals surface area contributed by atoms with Crippen LogP contribution in [0.2, 0.25) is 0 Å². The molecule has 1 heterocycles. The summed E-state index contributed by atoms with van der Waals surface area (Å²) in [5.74, 6) is 0. The van der Waals surface area contributed by atoms with Crippen LogP contribution in [0.3, 0.4) is 0 Å². The van der Waals surface area contributed by atoms with Crippen molar-refractivity contribution in [1.29, 1.82) is 0 Å². The highest BCUT2D eigenvalue weighted by Gasteiger charge is 2.16. The zero-order chi connectivity index (χ0) is 8.27. The second-order valence-corrected chi connectivity index (χ2v) is 3.48. The third-order valence-corrected chi connectivity index (χ3v) is 2.11. The van der Waals surface area contributed by atoms with Crippen LogP contribution in [-0.4, -0.2) is 37.1 Å². The lowest BCUT2D eigenvalue weighted by molar-refractivity contribution is 0.189. The first-order valence-corrected chi connectivity index (χ1v) is 4.29. The molecular formula is C9H18N2. The minimum atomic E-state index is 0.667. The Kier molecular flexibility index (Phi) is 3.09. The van der Waals surface area contributed by atoms with Crippen molar-refractivity contribution in [1.82, 2.24) is 10.2 Å². The summed E-state index contributed by atoms with van der Waals surface area (Å²) in [6, 6.07) is 0.667. The van der Waals surface area contributed by atoms with Gasteiger partial charge in [0.15, 0.2) is 0 Å². The van der Waals surface area contributed by atoms with Crippen molar-refractivity contribution in [3.8, 4) is 0 Å². The zero-order valence-corrected chi connectivity index (χ0v) is 7.56. The minimum Gasteiger partial charge on any atom is -0.314 e. The van der Waals surface area contributed by atoms with Gasteiger partial charge in [0.05, 0.1) is 0 Å². The third kappa shape index (κ3) is 2.64. The Morgan fingerprint density at radius 3 is 3.00 bits per heavy atom. The largest absolute Gasteiger partial charge is 0.314 e. The Hall–Kier alpha value is -0.340. The lowest BCUT2D eigenvalue weighted by Gasteiger charge is -2.33. The van der Waals surface area contributed by atoms with Crippen molar-refractivity contribution in [3.05, 3.63) is 12.2 Å². The fraction of sp³-hybridized carbons (Fsp3) is 0.778. The standard InChI is InChI=1S/C9H18N2/c1-8(2)7-11-5-4-10-6-9(11)3/h9-10H,1,4-7H2,2-3H3. The van der Waals surface area contributed by atoms with Gasteiger partial charge in [0, 0.05) is 32.2 Å². The molecule has 0 bridgehead atoms. The van der Waals surface area contributed by atoms with Gasteiger partial charge >= 0.3 is 0 Å². The first kappa shape index (κ1) is 8.75. The number of nitrogens with one attached hydrogen (secondary N) is 1. The predicted octanol–water partition coefficient (Wildman–Crippen LogP) is 0.856. The van der Waals surface area contributed by atoms with E-state index in [0.717, 1.165) is 26.2 Å². The number of nitrogens with zero attached hydrogens (tertiary/aromatic N) is 1. The molecule has 0 aliphatic carbocycles. The molecule has 0 spiro atoms. The summed E-state index contributed by atoms with van der Waals surface area (Å²) in [6.45, 7) is 12.7. The number of hydrogen-bond acceptors (Lipinski definition) is 2. The molecule has 0 aromatic rings. The van der Waals surface area contributed by atoms with Gasteiger partial charge in [-0.2, -0.15) is 0 Å². The van der Waals surface area contributed by atoms with E-state index >= 15 is 0 Å². The SMILES string of the molecule is C=C(C)CN1CCNCC1C. The van der Waals surface area contributed by atoms with Crippen molar-refractivity contribution < 1.29 is 0 Å². The molecule has 1 unspecified atom stereocenters. The van der Waals surface area contributed by atoms with E-state index < -0.39 is 0 Å². The summed E-state index contributed by atoms with van der Waals surface area (Å²) in [5, 5.41) is 3.37. The Morgan fingerprint density at radius 2 is 2.45 bits per heavy atom. The van der Waals surface area contributed by atoms with Crippen molar-refractivity contribution >= 4 is 0 Å². The van der Waals surface area contributed by atoms with Gasteiger partial charge in [0.1, 0.15) is 0 Å². The maximum atomic E-state index is 3.92. The first-order chi connectivity index (χ1) is 5.20. The van der Waals surface area contributed by atoms with Crippen molar-refractivity contribution in [2.24, 2.45) is 0 Å². The van der Waals surface area contributed by atoms with E-state index in [1.54, 1.807) is 0 Å². The van der Waals surface area contributed by atoms with Crippen molar-refractivity contribution in [2.75, 3.05) is 26.2 Å². The average Bonchev–Trinajstić information content (AvgIpc) is 1.93. The smallest absolute Gasteiger partial charge is 0.0196 e. The Morgan fingerprint density at radius 1 is 1.73 bits per heavy atom. The van der Waals surface area contributed by atoms with E-state index in [-0.39, 0.29) is 0 Å². The van der Waals surface area contributed by atoms with Crippen molar-refractivity contribution in [3.63, 3.8) is 0 Å². The normalized spacial score (nSPS) is 26.9. The van der Waals surface area contributed by atoms with Gasteiger partial charge in [-0.3, -0.25) is 4.90 Å². The number of hydrogen-bond donors (Lipinski definition) is 1. The van der Waals surface area contributed by atoms with E-state index in [1.165, 1.54) is 5.57 Å². The Bertz CT molecular complexity index is 142. The van der Waals surface area contributed by atoms with Crippen LogP contribution in [0.25, 0.3) is 0 Å². The molecule has 1 fully saturated rings. The van der Waals surface area contributed by atoms with Crippen LogP contribution in [-0.2, 0) is 0 Å². The van der Waals surface area contributed by atoms with Gasteiger partial charge < -0.3 is 5.32 Å². The van der Waals surface area contributed by atoms with Gasteiger partial charge in [0.25, 0.3) is 0 Å². The first-order valence-electron chi connectivity index (χ1n) is 4.29. The molecule has 2 heteroatoms. The van der Waals surface area contributed by atoms with Gasteiger partial charge in [-0.25, -0.2) is 0 Å². The summed E-state index contributed by atoms with van der Waals surface area (Å²) >= 11 is 0. The molecule has 1 N–H and O–H groups in total. The number of rotatable bonds is 2. The molecule has 0 aromatic carbocycles. The van der Waals surface area contributed by atoms with Gasteiger partial charge in [-0.05, 0) is 13.8 Å². The second-order valence-electron chi connectivity index (χ2n) is 3.48. The highest BCUT2D eigenvalue weighted by atomic mass is 15.2. The molecule has 0 amide bonds. The molecule has 64 valence electrons. The molecular weight excluding hydrogens is 136 g/mol. The minimum absolute atomic E-state index is 0.667. The van der Waals surface area contributed by atoms with E-state index in [0.29, 0.717) is 6.04 Å². The van der Waals surface area contributed by atoms with E-state index in [4.69, 9.17) is 0 Å². The highest BCUT2D eigenvalue weighted by molar-refractivity contribution is 4.94. The molecule has 11 heavy (non-hydrogen) atoms. The Balaban J connectivity index is 2.35. The average molecular weight is 154 g/mol. The van der Waals surface area contributed by atoms with Gasteiger partial charge in [-0.1, -0.05) is 12.2 Å². The quantitative estimate of drug-likeness (QED) is 0.593. The third-order valence-electron chi connectivity index (χ3n) is 2.11. The summed E-state index contributed by atoms with van der Waals surface area (Å²) in [4.78, 5) is 2.47. The lowest BCUT2D eigenvalue weighted by atomic mass is 10.2. The molecule has 0 radical (unpaired) electrons. The van der Waals surface area contributed by atoms with Crippen LogP contribution in [0.4, 0.5) is 0 Å². The summed E-state index contributed by atoms with van der Waals surface area (Å²) in [6.07, 6.45) is 0. The van der Waals surface area contributed by atoms with Crippen LogP contribution in [0.5, 0.6) is 0 Å². The summed E-state index contributed by atoms with van der Waals surface area (Å²) < 4.78 is 0. The fourth-order valence-electron chi connectivity index (χ4n) is 1.46. The summed E-state index contributed by atoms with van der Waals surface area (Å²) in [5.41, 5.74) is 1.26. The van der Waals surface area contributed by atoms with Crippen LogP contribution in [0.15, 0.2) is 12.2 Å². The highest BCUT2D eigenvalue weighted by Crippen LogP contribution is 2.04. The maximum absolute atomic E-state index is 3.92. The predicted molar refractivity (Wildman–Crippen MR) is 48.7 cm³/mol. The van der Waals surface area contributed by atoms with E-state index in [1.807, 2.05) is 0 Å². The zero-order valence-electron chi connectivity index (χ0n) is 7.56. The second kappa shape index (κ2) is 3.88. The van der Waals surface area contributed by atoms with E-state index in [9.17, 15) is 0 Å². The van der Waals surface area contributed by atoms with Gasteiger partial charge in [-0.15, -0.1) is 0 Å². The molecule has 1 rings (SSSR count). The number of piperazine rings is 1. The molecule has 1 aliphatic rings. The maximum Gasteiger partial charge on any atom is 0.0196 e. The summed E-state index contributed by atoms with van der Waals surface area (Å²) in [7, 11) is 0. The molecule has 0 aromatic heterocycles. The van der Waals surface area contributed by atoms with E-state index in [2.05, 4.69) is 30.6 Å². The van der Waals surface area contributed by atoms with Crippen molar-refractivity contribution in [2.45, 2.75) is 19.9 Å². The van der Waals surface area contributed by atoms with Crippen LogP contribution >= 0.6 is 0 Å².